The molecule has 3 aromatic rings. The van der Waals surface area contributed by atoms with Crippen LogP contribution in [0.3, 0.4) is 0 Å². The number of morpholine rings is 1. The molecule has 0 aliphatic carbocycles. The molecule has 0 spiro atoms. The number of hydrogen-bond acceptors (Lipinski definition) is 4. The summed E-state index contributed by atoms with van der Waals surface area (Å²) in [5, 5.41) is 0.515. The number of quaternary nitrogens is 1. The minimum absolute atomic E-state index is 0.0243. The van der Waals surface area contributed by atoms with E-state index < -0.39 is 6.04 Å². The molecule has 2 aliphatic heterocycles. The summed E-state index contributed by atoms with van der Waals surface area (Å²) in [6.45, 7) is 11.2. The third kappa shape index (κ3) is 3.98. The Hall–Kier alpha value is -2.96. The second-order valence-electron chi connectivity index (χ2n) is 10.1. The van der Waals surface area contributed by atoms with E-state index in [1.165, 1.54) is 10.5 Å². The Kier molecular flexibility index (Phi) is 5.59. The molecule has 1 aromatic heterocycles. The van der Waals surface area contributed by atoms with Crippen LogP contribution < -0.4 is 10.3 Å². The van der Waals surface area contributed by atoms with E-state index in [0.717, 1.165) is 38.4 Å². The summed E-state index contributed by atoms with van der Waals surface area (Å²) in [7, 11) is 0. The van der Waals surface area contributed by atoms with Gasteiger partial charge >= 0.3 is 0 Å². The molecule has 6 nitrogen and oxygen atoms in total. The number of rotatable bonds is 4. The monoisotopic (exact) mass is 447 g/mol. The van der Waals surface area contributed by atoms with Gasteiger partial charge in [-0.1, -0.05) is 57.2 Å². The van der Waals surface area contributed by atoms with Gasteiger partial charge in [0.2, 0.25) is 5.76 Å². The number of nitrogens with zero attached hydrogens (tertiary/aromatic N) is 1. The summed E-state index contributed by atoms with van der Waals surface area (Å²) in [6, 6.07) is 15.0. The van der Waals surface area contributed by atoms with Crippen molar-refractivity contribution in [2.24, 2.45) is 0 Å². The van der Waals surface area contributed by atoms with Gasteiger partial charge in [0.25, 0.3) is 5.91 Å². The largest absolute Gasteiger partial charge is 0.450 e. The van der Waals surface area contributed by atoms with Crippen molar-refractivity contribution in [1.29, 1.82) is 0 Å². The predicted octanol–water partition coefficient (Wildman–Crippen LogP) is 2.55. The summed E-state index contributed by atoms with van der Waals surface area (Å²) in [6.07, 6.45) is 0. The van der Waals surface area contributed by atoms with Gasteiger partial charge in [-0.3, -0.25) is 9.59 Å². The van der Waals surface area contributed by atoms with Crippen LogP contribution in [0.5, 0.6) is 0 Å². The minimum Gasteiger partial charge on any atom is -0.450 e. The average Bonchev–Trinajstić information content (AvgIpc) is 3.10. The van der Waals surface area contributed by atoms with Crippen LogP contribution in [0.1, 0.15) is 54.1 Å². The highest BCUT2D eigenvalue weighted by molar-refractivity contribution is 5.99. The van der Waals surface area contributed by atoms with E-state index in [9.17, 15) is 9.59 Å². The topological polar surface area (TPSA) is 64.2 Å². The Morgan fingerprint density at radius 1 is 1.00 bits per heavy atom. The maximum atomic E-state index is 13.6. The van der Waals surface area contributed by atoms with Gasteiger partial charge in [-0.15, -0.1) is 0 Å². The van der Waals surface area contributed by atoms with E-state index >= 15 is 0 Å². The van der Waals surface area contributed by atoms with Gasteiger partial charge in [0.05, 0.1) is 43.3 Å². The van der Waals surface area contributed by atoms with E-state index in [2.05, 4.69) is 45.0 Å². The molecule has 33 heavy (non-hydrogen) atoms. The van der Waals surface area contributed by atoms with Crippen molar-refractivity contribution in [3.05, 3.63) is 81.2 Å². The third-order valence-corrected chi connectivity index (χ3v) is 6.87. The third-order valence-electron chi connectivity index (χ3n) is 6.87. The van der Waals surface area contributed by atoms with E-state index in [1.807, 2.05) is 17.0 Å². The van der Waals surface area contributed by atoms with Crippen LogP contribution in [0.2, 0.25) is 0 Å². The van der Waals surface area contributed by atoms with Gasteiger partial charge in [0.15, 0.2) is 5.43 Å². The molecular formula is C27H31N2O4+. The van der Waals surface area contributed by atoms with Crippen molar-refractivity contribution in [3.8, 4) is 0 Å². The number of hydrogen-bond donors (Lipinski definition) is 1. The van der Waals surface area contributed by atoms with Gasteiger partial charge in [0, 0.05) is 0 Å². The zero-order valence-corrected chi connectivity index (χ0v) is 19.5. The van der Waals surface area contributed by atoms with Crippen molar-refractivity contribution >= 4 is 16.9 Å². The number of carbonyl (C=O) groups is 1. The number of benzene rings is 2. The van der Waals surface area contributed by atoms with Crippen LogP contribution in [-0.4, -0.2) is 50.2 Å². The molecule has 6 heteroatoms. The molecule has 1 N–H and O–H groups in total. The van der Waals surface area contributed by atoms with Crippen LogP contribution in [0, 0.1) is 0 Å². The lowest BCUT2D eigenvalue weighted by molar-refractivity contribution is -0.907. The van der Waals surface area contributed by atoms with Crippen LogP contribution in [0.4, 0.5) is 0 Å². The van der Waals surface area contributed by atoms with Crippen molar-refractivity contribution < 1.29 is 18.8 Å². The van der Waals surface area contributed by atoms with Gasteiger partial charge in [-0.25, -0.2) is 0 Å². The summed E-state index contributed by atoms with van der Waals surface area (Å²) >= 11 is 0. The van der Waals surface area contributed by atoms with Gasteiger partial charge in [-0.2, -0.15) is 0 Å². The van der Waals surface area contributed by atoms with Crippen molar-refractivity contribution in [1.82, 2.24) is 4.90 Å². The van der Waals surface area contributed by atoms with Crippen LogP contribution in [0.15, 0.2) is 57.7 Å². The maximum Gasteiger partial charge on any atom is 0.291 e. The SMILES string of the molecule is CC(C)(C)c1ccc([C@H]2c3c(oc4ccccc4c3=O)C(=O)N2CC[NH+]2CCOCC2)cc1. The lowest BCUT2D eigenvalue weighted by atomic mass is 9.86. The Bertz CT molecular complexity index is 1230. The van der Waals surface area contributed by atoms with Crippen LogP contribution >= 0.6 is 0 Å². The fraction of sp³-hybridized carbons (Fsp3) is 0.407. The molecule has 1 atom stereocenters. The molecular weight excluding hydrogens is 416 g/mol. The van der Waals surface area contributed by atoms with Crippen LogP contribution in [0.25, 0.3) is 11.0 Å². The molecule has 2 aromatic carbocycles. The summed E-state index contributed by atoms with van der Waals surface area (Å²) in [4.78, 5) is 30.3. The number of carbonyl (C=O) groups excluding carboxylic acids is 1. The van der Waals surface area contributed by atoms with E-state index in [-0.39, 0.29) is 22.5 Å². The molecule has 3 heterocycles. The summed E-state index contributed by atoms with van der Waals surface area (Å²) in [5.41, 5.74) is 2.97. The van der Waals surface area contributed by atoms with Crippen LogP contribution in [-0.2, 0) is 10.2 Å². The zero-order chi connectivity index (χ0) is 23.2. The Morgan fingerprint density at radius 3 is 2.39 bits per heavy atom. The molecule has 0 unspecified atom stereocenters. The minimum atomic E-state index is -0.442. The van der Waals surface area contributed by atoms with Crippen molar-refractivity contribution in [2.45, 2.75) is 32.2 Å². The molecule has 0 saturated carbocycles. The fourth-order valence-corrected chi connectivity index (χ4v) is 4.90. The quantitative estimate of drug-likeness (QED) is 0.668. The highest BCUT2D eigenvalue weighted by atomic mass is 16.5. The highest BCUT2D eigenvalue weighted by Crippen LogP contribution is 2.38. The molecule has 1 fully saturated rings. The summed E-state index contributed by atoms with van der Waals surface area (Å²) < 4.78 is 11.5. The van der Waals surface area contributed by atoms with Gasteiger partial charge in [0.1, 0.15) is 18.7 Å². The first-order chi connectivity index (χ1) is 15.8. The molecule has 1 amide bonds. The number of fused-ring (bicyclic) bond motifs is 2. The molecule has 1 saturated heterocycles. The number of para-hydroxylation sites is 1. The lowest BCUT2D eigenvalue weighted by Crippen LogP contribution is -3.14. The van der Waals surface area contributed by atoms with E-state index in [4.69, 9.17) is 9.15 Å². The molecule has 5 rings (SSSR count). The predicted molar refractivity (Wildman–Crippen MR) is 127 cm³/mol. The standard InChI is InChI=1S/C27H30N2O4/c1-27(2,3)19-10-8-18(9-11-19)23-22-24(30)20-6-4-5-7-21(20)33-25(22)26(31)29(23)13-12-28-14-16-32-17-15-28/h4-11,23H,12-17H2,1-3H3/p+1/t23-/m0/s1. The van der Waals surface area contributed by atoms with Crippen molar-refractivity contribution in [2.75, 3.05) is 39.4 Å². The number of amides is 1. The molecule has 172 valence electrons. The van der Waals surface area contributed by atoms with E-state index in [1.54, 1.807) is 12.1 Å². The number of nitrogens with one attached hydrogen (secondary N) is 1. The second-order valence-corrected chi connectivity index (χ2v) is 10.1. The van der Waals surface area contributed by atoms with E-state index in [0.29, 0.717) is 23.1 Å². The Labute approximate surface area is 193 Å². The Morgan fingerprint density at radius 2 is 1.70 bits per heavy atom. The maximum absolute atomic E-state index is 13.6. The lowest BCUT2D eigenvalue weighted by Gasteiger charge is -2.29. The van der Waals surface area contributed by atoms with Gasteiger partial charge in [-0.05, 0) is 28.7 Å². The smallest absolute Gasteiger partial charge is 0.291 e. The zero-order valence-electron chi connectivity index (χ0n) is 19.5. The first-order valence-electron chi connectivity index (χ1n) is 11.7. The first kappa shape index (κ1) is 21.9. The molecule has 0 radical (unpaired) electrons. The summed E-state index contributed by atoms with van der Waals surface area (Å²) in [5.74, 6) is -0.0222. The molecule has 0 bridgehead atoms. The average molecular weight is 448 g/mol. The normalized spacial score (nSPS) is 19.3. The van der Waals surface area contributed by atoms with Crippen molar-refractivity contribution in [3.63, 3.8) is 0 Å². The number of ether oxygens (including phenoxy) is 1. The molecule has 2 aliphatic rings. The first-order valence-corrected chi connectivity index (χ1v) is 11.7. The second kappa shape index (κ2) is 8.43. The van der Waals surface area contributed by atoms with Gasteiger partial charge < -0.3 is 19.0 Å². The fourth-order valence-electron chi connectivity index (χ4n) is 4.90. The Balaban J connectivity index is 1.58. The highest BCUT2D eigenvalue weighted by Gasteiger charge is 2.43.